The van der Waals surface area contributed by atoms with E-state index in [9.17, 15) is 4.79 Å². The van der Waals surface area contributed by atoms with Crippen LogP contribution in [-0.2, 0) is 6.54 Å². The minimum Gasteiger partial charge on any atom is -0.329 e. The van der Waals surface area contributed by atoms with E-state index in [1.165, 1.54) is 0 Å². The van der Waals surface area contributed by atoms with Gasteiger partial charge in [-0.1, -0.05) is 0 Å². The number of amides is 1. The fraction of sp³-hybridized carbons (Fsp3) is 0.235. The third-order valence-electron chi connectivity index (χ3n) is 3.77. The van der Waals surface area contributed by atoms with Gasteiger partial charge in [0.25, 0.3) is 5.91 Å². The maximum atomic E-state index is 12.2. The first-order valence-corrected chi connectivity index (χ1v) is 8.32. The Bertz CT molecular complexity index is 891. The highest BCUT2D eigenvalue weighted by Gasteiger charge is 2.10. The molecule has 5 nitrogen and oxygen atoms in total. The number of nitrogens with one attached hydrogen (secondary N) is 1. The molecule has 3 aromatic rings. The second-order valence-electron chi connectivity index (χ2n) is 5.27. The molecule has 0 unspecified atom stereocenters. The lowest BCUT2D eigenvalue weighted by Gasteiger charge is -2.03. The summed E-state index contributed by atoms with van der Waals surface area (Å²) in [6.07, 6.45) is 1.67. The van der Waals surface area contributed by atoms with Gasteiger partial charge in [0, 0.05) is 17.0 Å². The molecule has 1 N–H and O–H groups in total. The van der Waals surface area contributed by atoms with Crippen LogP contribution >= 0.6 is 11.3 Å². The number of thiophene rings is 1. The minimum atomic E-state index is -0.235. The molecule has 1 amide bonds. The zero-order chi connectivity index (χ0) is 16.4. The summed E-state index contributed by atoms with van der Waals surface area (Å²) < 4.78 is 2.12. The number of imidazole rings is 1. The molecular formula is C17H18N4OS. The predicted octanol–water partition coefficient (Wildman–Crippen LogP) is 3.50. The van der Waals surface area contributed by atoms with E-state index in [1.54, 1.807) is 29.7 Å². The van der Waals surface area contributed by atoms with Crippen molar-refractivity contribution in [3.8, 4) is 0 Å². The van der Waals surface area contributed by atoms with Crippen LogP contribution in [0.25, 0.3) is 11.0 Å². The molecule has 2 aromatic heterocycles. The van der Waals surface area contributed by atoms with Gasteiger partial charge in [0.1, 0.15) is 5.82 Å². The second-order valence-corrected chi connectivity index (χ2v) is 6.22. The summed E-state index contributed by atoms with van der Waals surface area (Å²) in [5.74, 6) is 0.715. The Morgan fingerprint density at radius 3 is 2.91 bits per heavy atom. The first-order chi connectivity index (χ1) is 11.1. The number of carbonyl (C=O) groups excluding carboxylic acids is 1. The lowest BCUT2D eigenvalue weighted by atomic mass is 10.2. The largest absolute Gasteiger partial charge is 0.329 e. The van der Waals surface area contributed by atoms with E-state index in [1.807, 2.05) is 31.4 Å². The number of hydrogen-bond donors (Lipinski definition) is 1. The summed E-state index contributed by atoms with van der Waals surface area (Å²) in [6, 6.07) is 7.56. The van der Waals surface area contributed by atoms with Crippen molar-refractivity contribution in [2.45, 2.75) is 27.3 Å². The van der Waals surface area contributed by atoms with Gasteiger partial charge >= 0.3 is 0 Å². The monoisotopic (exact) mass is 326 g/mol. The van der Waals surface area contributed by atoms with E-state index in [0.717, 1.165) is 33.8 Å². The Labute approximate surface area is 138 Å². The standard InChI is InChI=1S/C17H18N4OS/c1-4-21-12(3)19-14-9-13(5-6-15(14)21)17(22)20-18-10-16-11(2)7-8-23-16/h5-10H,4H2,1-3H3,(H,20,22)/b18-10+. The molecule has 23 heavy (non-hydrogen) atoms. The Morgan fingerprint density at radius 2 is 2.22 bits per heavy atom. The molecule has 0 aliphatic rings. The van der Waals surface area contributed by atoms with Gasteiger partial charge in [-0.2, -0.15) is 5.10 Å². The van der Waals surface area contributed by atoms with E-state index < -0.39 is 0 Å². The summed E-state index contributed by atoms with van der Waals surface area (Å²) >= 11 is 1.59. The first-order valence-electron chi connectivity index (χ1n) is 7.44. The maximum absolute atomic E-state index is 12.2. The van der Waals surface area contributed by atoms with Crippen LogP contribution in [0.5, 0.6) is 0 Å². The molecule has 0 bridgehead atoms. The Kier molecular flexibility index (Phi) is 4.25. The number of rotatable bonds is 4. The lowest BCUT2D eigenvalue weighted by Crippen LogP contribution is -2.17. The molecule has 0 aliphatic heterocycles. The number of hydrogen-bond acceptors (Lipinski definition) is 4. The van der Waals surface area contributed by atoms with Crippen LogP contribution in [0.4, 0.5) is 0 Å². The minimum absolute atomic E-state index is 0.235. The van der Waals surface area contributed by atoms with Gasteiger partial charge in [-0.25, -0.2) is 10.4 Å². The van der Waals surface area contributed by atoms with Gasteiger partial charge in [-0.3, -0.25) is 4.79 Å². The van der Waals surface area contributed by atoms with Crippen molar-refractivity contribution in [3.63, 3.8) is 0 Å². The van der Waals surface area contributed by atoms with Gasteiger partial charge in [-0.05, 0) is 56.0 Å². The average molecular weight is 326 g/mol. The highest BCUT2D eigenvalue weighted by atomic mass is 32.1. The van der Waals surface area contributed by atoms with E-state index in [0.29, 0.717) is 5.56 Å². The van der Waals surface area contributed by atoms with Crippen LogP contribution in [-0.4, -0.2) is 21.7 Å². The summed E-state index contributed by atoms with van der Waals surface area (Å²) in [6.45, 7) is 6.92. The molecule has 1 aromatic carbocycles. The van der Waals surface area contributed by atoms with Crippen molar-refractivity contribution < 1.29 is 4.79 Å². The number of aryl methyl sites for hydroxylation is 3. The summed E-state index contributed by atoms with van der Waals surface area (Å²) in [7, 11) is 0. The van der Waals surface area contributed by atoms with Crippen molar-refractivity contribution >= 4 is 34.5 Å². The van der Waals surface area contributed by atoms with Gasteiger partial charge in [0.2, 0.25) is 0 Å². The Balaban J connectivity index is 1.78. The smallest absolute Gasteiger partial charge is 0.271 e. The predicted molar refractivity (Wildman–Crippen MR) is 94.3 cm³/mol. The van der Waals surface area contributed by atoms with Crippen molar-refractivity contribution in [2.75, 3.05) is 0 Å². The highest BCUT2D eigenvalue weighted by molar-refractivity contribution is 7.11. The number of carbonyl (C=O) groups is 1. The Hall–Kier alpha value is -2.47. The van der Waals surface area contributed by atoms with Crippen LogP contribution in [0, 0.1) is 13.8 Å². The topological polar surface area (TPSA) is 59.3 Å². The number of aromatic nitrogens is 2. The molecule has 0 aliphatic carbocycles. The van der Waals surface area contributed by atoms with Crippen molar-refractivity contribution in [2.24, 2.45) is 5.10 Å². The molecule has 0 fully saturated rings. The zero-order valence-electron chi connectivity index (χ0n) is 13.3. The highest BCUT2D eigenvalue weighted by Crippen LogP contribution is 2.18. The fourth-order valence-corrected chi connectivity index (χ4v) is 3.31. The first kappa shape index (κ1) is 15.4. The fourth-order valence-electron chi connectivity index (χ4n) is 2.52. The van der Waals surface area contributed by atoms with Crippen LogP contribution < -0.4 is 5.43 Å². The molecule has 6 heteroatoms. The van der Waals surface area contributed by atoms with Gasteiger partial charge in [0.15, 0.2) is 0 Å². The maximum Gasteiger partial charge on any atom is 0.271 e. The zero-order valence-corrected chi connectivity index (χ0v) is 14.1. The van der Waals surface area contributed by atoms with Crippen LogP contribution in [0.3, 0.4) is 0 Å². The van der Waals surface area contributed by atoms with E-state index >= 15 is 0 Å². The molecule has 0 saturated carbocycles. The lowest BCUT2D eigenvalue weighted by molar-refractivity contribution is 0.0955. The molecular weight excluding hydrogens is 308 g/mol. The second kappa shape index (κ2) is 6.34. The van der Waals surface area contributed by atoms with E-state index in [2.05, 4.69) is 27.0 Å². The number of benzene rings is 1. The summed E-state index contributed by atoms with van der Waals surface area (Å²) in [5.41, 5.74) is 6.14. The quantitative estimate of drug-likeness (QED) is 0.589. The SMILES string of the molecule is CCn1c(C)nc2cc(C(=O)N/N=C/c3sccc3C)ccc21. The van der Waals surface area contributed by atoms with Crippen LogP contribution in [0.1, 0.15) is 33.5 Å². The third kappa shape index (κ3) is 3.03. The van der Waals surface area contributed by atoms with Crippen LogP contribution in [0.15, 0.2) is 34.7 Å². The molecule has 0 spiro atoms. The van der Waals surface area contributed by atoms with Gasteiger partial charge in [-0.15, -0.1) is 11.3 Å². The van der Waals surface area contributed by atoms with Crippen molar-refractivity contribution in [3.05, 3.63) is 51.5 Å². The number of fused-ring (bicyclic) bond motifs is 1. The number of nitrogens with zero attached hydrogens (tertiary/aromatic N) is 3. The van der Waals surface area contributed by atoms with E-state index in [-0.39, 0.29) is 5.91 Å². The van der Waals surface area contributed by atoms with E-state index in [4.69, 9.17) is 0 Å². The Morgan fingerprint density at radius 1 is 1.39 bits per heavy atom. The molecule has 0 radical (unpaired) electrons. The van der Waals surface area contributed by atoms with Crippen LogP contribution in [0.2, 0.25) is 0 Å². The number of hydrazone groups is 1. The molecule has 0 saturated heterocycles. The molecule has 0 atom stereocenters. The molecule has 118 valence electrons. The van der Waals surface area contributed by atoms with Crippen molar-refractivity contribution in [1.82, 2.24) is 15.0 Å². The summed E-state index contributed by atoms with van der Waals surface area (Å²) in [5, 5.41) is 6.03. The van der Waals surface area contributed by atoms with Gasteiger partial charge in [0.05, 0.1) is 17.2 Å². The average Bonchev–Trinajstić information content (AvgIpc) is 3.08. The van der Waals surface area contributed by atoms with Gasteiger partial charge < -0.3 is 4.57 Å². The third-order valence-corrected chi connectivity index (χ3v) is 4.72. The molecule has 2 heterocycles. The summed E-state index contributed by atoms with van der Waals surface area (Å²) in [4.78, 5) is 17.8. The normalized spacial score (nSPS) is 11.4. The van der Waals surface area contributed by atoms with Crippen molar-refractivity contribution in [1.29, 1.82) is 0 Å². The molecule has 3 rings (SSSR count).